The highest BCUT2D eigenvalue weighted by Gasteiger charge is 2.29. The SMILES string of the molecule is Cc1[nH]c2ccc(F)cc2c1CC(=O)N1CC[C@H](CS(N)(=O)=O)C1. The number of nitrogens with two attached hydrogens (primary N) is 1. The maximum Gasteiger partial charge on any atom is 0.227 e. The van der Waals surface area contributed by atoms with Gasteiger partial charge < -0.3 is 9.88 Å². The van der Waals surface area contributed by atoms with E-state index in [4.69, 9.17) is 5.14 Å². The van der Waals surface area contributed by atoms with E-state index in [0.717, 1.165) is 16.8 Å². The standard InChI is InChI=1S/C16H20FN3O3S/c1-10-13(14-6-12(17)2-3-15(14)19-10)7-16(21)20-5-4-11(8-20)9-24(18,22)23/h2-3,6,11,19H,4-5,7-9H2,1H3,(H2,18,22,23)/t11-/m0/s1. The van der Waals surface area contributed by atoms with Crippen LogP contribution in [0, 0.1) is 18.7 Å². The van der Waals surface area contributed by atoms with Crippen molar-refractivity contribution in [1.29, 1.82) is 0 Å². The lowest BCUT2D eigenvalue weighted by Crippen LogP contribution is -2.32. The van der Waals surface area contributed by atoms with Crippen molar-refractivity contribution in [3.63, 3.8) is 0 Å². The Hall–Kier alpha value is -1.93. The minimum atomic E-state index is -3.53. The summed E-state index contributed by atoms with van der Waals surface area (Å²) in [5.41, 5.74) is 2.42. The Morgan fingerprint density at radius 3 is 2.92 bits per heavy atom. The molecule has 1 saturated heterocycles. The van der Waals surface area contributed by atoms with Crippen LogP contribution in [0.3, 0.4) is 0 Å². The number of benzene rings is 1. The van der Waals surface area contributed by atoms with Crippen molar-refractivity contribution in [3.8, 4) is 0 Å². The molecule has 130 valence electrons. The van der Waals surface area contributed by atoms with E-state index in [1.807, 2.05) is 6.92 Å². The van der Waals surface area contributed by atoms with E-state index < -0.39 is 10.0 Å². The van der Waals surface area contributed by atoms with Crippen LogP contribution in [-0.4, -0.2) is 43.1 Å². The number of halogens is 1. The molecule has 1 aliphatic rings. The average molecular weight is 353 g/mol. The Bertz CT molecular complexity index is 891. The van der Waals surface area contributed by atoms with Crippen LogP contribution >= 0.6 is 0 Å². The molecule has 0 bridgehead atoms. The molecule has 8 heteroatoms. The zero-order valence-electron chi connectivity index (χ0n) is 13.4. The van der Waals surface area contributed by atoms with Crippen LogP contribution in [-0.2, 0) is 21.2 Å². The van der Waals surface area contributed by atoms with E-state index in [9.17, 15) is 17.6 Å². The third kappa shape index (κ3) is 3.59. The predicted molar refractivity (Wildman–Crippen MR) is 89.4 cm³/mol. The molecule has 3 N–H and O–H groups in total. The quantitative estimate of drug-likeness (QED) is 0.867. The van der Waals surface area contributed by atoms with Gasteiger partial charge in [0.15, 0.2) is 0 Å². The minimum absolute atomic E-state index is 0.0832. The van der Waals surface area contributed by atoms with Crippen LogP contribution in [0.1, 0.15) is 17.7 Å². The summed E-state index contributed by atoms with van der Waals surface area (Å²) >= 11 is 0. The van der Waals surface area contributed by atoms with Crippen LogP contribution in [0.4, 0.5) is 4.39 Å². The van der Waals surface area contributed by atoms with Gasteiger partial charge >= 0.3 is 0 Å². The number of hydrogen-bond acceptors (Lipinski definition) is 3. The average Bonchev–Trinajstić information content (AvgIpc) is 3.03. The Labute approximate surface area is 139 Å². The molecule has 0 radical (unpaired) electrons. The number of carbonyl (C=O) groups excluding carboxylic acids is 1. The Balaban J connectivity index is 1.74. The summed E-state index contributed by atoms with van der Waals surface area (Å²) in [6, 6.07) is 4.46. The van der Waals surface area contributed by atoms with Gasteiger partial charge in [0.25, 0.3) is 0 Å². The lowest BCUT2D eigenvalue weighted by molar-refractivity contribution is -0.129. The fourth-order valence-electron chi connectivity index (χ4n) is 3.37. The number of aromatic nitrogens is 1. The fraction of sp³-hybridized carbons (Fsp3) is 0.438. The van der Waals surface area contributed by atoms with E-state index in [-0.39, 0.29) is 29.8 Å². The topological polar surface area (TPSA) is 96.3 Å². The molecule has 24 heavy (non-hydrogen) atoms. The summed E-state index contributed by atoms with van der Waals surface area (Å²) in [4.78, 5) is 17.4. The zero-order chi connectivity index (χ0) is 17.5. The van der Waals surface area contributed by atoms with Gasteiger partial charge in [0.05, 0.1) is 12.2 Å². The van der Waals surface area contributed by atoms with Crippen LogP contribution in [0.25, 0.3) is 10.9 Å². The lowest BCUT2D eigenvalue weighted by Gasteiger charge is -2.16. The highest BCUT2D eigenvalue weighted by molar-refractivity contribution is 7.89. The molecule has 6 nitrogen and oxygen atoms in total. The molecule has 1 amide bonds. The molecule has 1 aromatic heterocycles. The number of fused-ring (bicyclic) bond motifs is 1. The number of H-pyrrole nitrogens is 1. The number of carbonyl (C=O) groups is 1. The summed E-state index contributed by atoms with van der Waals surface area (Å²) in [7, 11) is -3.53. The molecule has 0 saturated carbocycles. The second-order valence-corrected chi connectivity index (χ2v) is 8.08. The molecule has 0 spiro atoms. The van der Waals surface area contributed by atoms with Crippen LogP contribution in [0.15, 0.2) is 18.2 Å². The van der Waals surface area contributed by atoms with Crippen molar-refractivity contribution in [2.24, 2.45) is 11.1 Å². The zero-order valence-corrected chi connectivity index (χ0v) is 14.2. The van der Waals surface area contributed by atoms with Crippen molar-refractivity contribution in [2.45, 2.75) is 19.8 Å². The van der Waals surface area contributed by atoms with Gasteiger partial charge in [0.1, 0.15) is 5.82 Å². The first-order valence-corrected chi connectivity index (χ1v) is 9.49. The Morgan fingerprint density at radius 2 is 2.21 bits per heavy atom. The molecule has 1 atom stereocenters. The number of aryl methyl sites for hydroxylation is 1. The maximum absolute atomic E-state index is 13.5. The van der Waals surface area contributed by atoms with Crippen LogP contribution in [0.2, 0.25) is 0 Å². The number of hydrogen-bond donors (Lipinski definition) is 2. The number of likely N-dealkylation sites (tertiary alicyclic amines) is 1. The first kappa shape index (κ1) is 16.9. The number of nitrogens with zero attached hydrogens (tertiary/aromatic N) is 1. The Morgan fingerprint density at radius 1 is 1.46 bits per heavy atom. The molecular formula is C16H20FN3O3S. The van der Waals surface area contributed by atoms with Gasteiger partial charge in [0, 0.05) is 29.7 Å². The van der Waals surface area contributed by atoms with Crippen molar-refractivity contribution in [1.82, 2.24) is 9.88 Å². The molecular weight excluding hydrogens is 333 g/mol. The van der Waals surface area contributed by atoms with Gasteiger partial charge in [-0.15, -0.1) is 0 Å². The predicted octanol–water partition coefficient (Wildman–Crippen LogP) is 1.29. The second-order valence-electron chi connectivity index (χ2n) is 6.42. The molecule has 3 rings (SSSR count). The highest BCUT2D eigenvalue weighted by Crippen LogP contribution is 2.25. The number of aromatic amines is 1. The summed E-state index contributed by atoms with van der Waals surface area (Å²) < 4.78 is 35.9. The second kappa shape index (κ2) is 6.18. The number of primary sulfonamides is 1. The van der Waals surface area contributed by atoms with Gasteiger partial charge in [-0.25, -0.2) is 17.9 Å². The molecule has 1 fully saturated rings. The van der Waals surface area contributed by atoms with Gasteiger partial charge in [0.2, 0.25) is 15.9 Å². The third-order valence-corrected chi connectivity index (χ3v) is 5.45. The number of amides is 1. The van der Waals surface area contributed by atoms with E-state index >= 15 is 0 Å². The summed E-state index contributed by atoms with van der Waals surface area (Å²) in [5, 5.41) is 5.78. The summed E-state index contributed by atoms with van der Waals surface area (Å²) in [5.74, 6) is -0.649. The first-order chi connectivity index (χ1) is 11.2. The van der Waals surface area contributed by atoms with E-state index in [1.54, 1.807) is 11.0 Å². The van der Waals surface area contributed by atoms with E-state index in [0.29, 0.717) is 24.9 Å². The Kier molecular flexibility index (Phi) is 4.35. The fourth-order valence-corrected chi connectivity index (χ4v) is 4.30. The van der Waals surface area contributed by atoms with Crippen molar-refractivity contribution >= 4 is 26.8 Å². The monoisotopic (exact) mass is 353 g/mol. The molecule has 2 aromatic rings. The van der Waals surface area contributed by atoms with Gasteiger partial charge in [-0.3, -0.25) is 4.79 Å². The number of rotatable bonds is 4. The third-order valence-electron chi connectivity index (χ3n) is 4.52. The number of sulfonamides is 1. The van der Waals surface area contributed by atoms with Gasteiger partial charge in [-0.2, -0.15) is 0 Å². The van der Waals surface area contributed by atoms with Gasteiger partial charge in [-0.1, -0.05) is 0 Å². The first-order valence-electron chi connectivity index (χ1n) is 7.78. The smallest absolute Gasteiger partial charge is 0.227 e. The molecule has 1 aromatic carbocycles. The molecule has 2 heterocycles. The highest BCUT2D eigenvalue weighted by atomic mass is 32.2. The molecule has 0 unspecified atom stereocenters. The van der Waals surface area contributed by atoms with Crippen molar-refractivity contribution in [3.05, 3.63) is 35.3 Å². The summed E-state index contributed by atoms with van der Waals surface area (Å²) in [6.45, 7) is 2.77. The largest absolute Gasteiger partial charge is 0.358 e. The minimum Gasteiger partial charge on any atom is -0.358 e. The molecule has 0 aliphatic carbocycles. The maximum atomic E-state index is 13.5. The van der Waals surface area contributed by atoms with Crippen molar-refractivity contribution < 1.29 is 17.6 Å². The van der Waals surface area contributed by atoms with Crippen LogP contribution < -0.4 is 5.14 Å². The normalized spacial score (nSPS) is 18.5. The number of nitrogens with one attached hydrogen (secondary N) is 1. The van der Waals surface area contributed by atoms with Gasteiger partial charge in [-0.05, 0) is 43.0 Å². The summed E-state index contributed by atoms with van der Waals surface area (Å²) in [6.07, 6.45) is 0.793. The van der Waals surface area contributed by atoms with E-state index in [2.05, 4.69) is 4.98 Å². The van der Waals surface area contributed by atoms with Crippen molar-refractivity contribution in [2.75, 3.05) is 18.8 Å². The molecule has 1 aliphatic heterocycles. The van der Waals surface area contributed by atoms with E-state index in [1.165, 1.54) is 12.1 Å². The van der Waals surface area contributed by atoms with Crippen LogP contribution in [0.5, 0.6) is 0 Å². The lowest BCUT2D eigenvalue weighted by atomic mass is 10.1.